The van der Waals surface area contributed by atoms with Gasteiger partial charge < -0.3 is 9.80 Å². The Labute approximate surface area is 132 Å². The second kappa shape index (κ2) is 7.09. The summed E-state index contributed by atoms with van der Waals surface area (Å²) in [5.74, 6) is -0.694. The number of carbonyl (C=O) groups is 2. The van der Waals surface area contributed by atoms with Crippen LogP contribution in [0.2, 0.25) is 0 Å². The average molecular weight is 333 g/mol. The van der Waals surface area contributed by atoms with Gasteiger partial charge in [0.15, 0.2) is 4.84 Å². The number of hydrogen-bond donors (Lipinski definition) is 0. The maximum Gasteiger partial charge on any atom is 0.255 e. The number of alkyl halides is 2. The van der Waals surface area contributed by atoms with E-state index >= 15 is 0 Å². The van der Waals surface area contributed by atoms with Crippen molar-refractivity contribution in [3.8, 4) is 0 Å². The highest BCUT2D eigenvalue weighted by atomic mass is 35.5. The average Bonchev–Trinajstić information content (AvgIpc) is 2.49. The van der Waals surface area contributed by atoms with Gasteiger partial charge in [-0.05, 0) is 17.7 Å². The molecule has 0 atom stereocenters. The predicted octanol–water partition coefficient (Wildman–Crippen LogP) is 1.84. The van der Waals surface area contributed by atoms with Crippen LogP contribution < -0.4 is 0 Å². The molecule has 4 nitrogen and oxygen atoms in total. The van der Waals surface area contributed by atoms with Crippen LogP contribution in [-0.4, -0.2) is 52.6 Å². The lowest BCUT2D eigenvalue weighted by Gasteiger charge is -2.35. The highest BCUT2D eigenvalue weighted by Gasteiger charge is 2.26. The third kappa shape index (κ3) is 4.32. The van der Waals surface area contributed by atoms with E-state index in [9.17, 15) is 14.0 Å². The Balaban J connectivity index is 1.86. The molecule has 1 fully saturated rings. The van der Waals surface area contributed by atoms with Gasteiger partial charge in [0, 0.05) is 26.2 Å². The van der Waals surface area contributed by atoms with Gasteiger partial charge >= 0.3 is 0 Å². The molecule has 1 aliphatic heterocycles. The van der Waals surface area contributed by atoms with Crippen LogP contribution in [0.3, 0.4) is 0 Å². The number of carbonyl (C=O) groups excluding carboxylic acids is 2. The van der Waals surface area contributed by atoms with Crippen molar-refractivity contribution in [2.45, 2.75) is 11.3 Å². The van der Waals surface area contributed by atoms with Gasteiger partial charge in [-0.1, -0.05) is 35.3 Å². The zero-order chi connectivity index (χ0) is 15.4. The van der Waals surface area contributed by atoms with Crippen LogP contribution in [-0.2, 0) is 16.0 Å². The Bertz CT molecular complexity index is 514. The molecule has 0 unspecified atom stereocenters. The second-order valence-corrected chi connectivity index (χ2v) is 5.91. The molecule has 0 N–H and O–H groups in total. The Morgan fingerprint density at radius 3 is 2.10 bits per heavy atom. The van der Waals surface area contributed by atoms with Crippen LogP contribution in [0, 0.1) is 5.82 Å². The van der Waals surface area contributed by atoms with Crippen molar-refractivity contribution in [3.05, 3.63) is 35.6 Å². The van der Waals surface area contributed by atoms with Gasteiger partial charge in [-0.3, -0.25) is 9.59 Å². The summed E-state index contributed by atoms with van der Waals surface area (Å²) in [5, 5.41) is 0. The van der Waals surface area contributed by atoms with Crippen LogP contribution >= 0.6 is 23.2 Å². The fraction of sp³-hybridized carbons (Fsp3) is 0.429. The summed E-state index contributed by atoms with van der Waals surface area (Å²) in [6, 6.07) is 5.86. The number of benzene rings is 1. The number of amides is 2. The molecule has 1 aromatic carbocycles. The molecule has 0 spiro atoms. The normalized spacial score (nSPS) is 15.4. The lowest BCUT2D eigenvalue weighted by Crippen LogP contribution is -2.52. The molecule has 1 aromatic rings. The molecule has 0 radical (unpaired) electrons. The van der Waals surface area contributed by atoms with Crippen molar-refractivity contribution in [1.29, 1.82) is 0 Å². The molecule has 0 bridgehead atoms. The third-order valence-corrected chi connectivity index (χ3v) is 3.77. The molecular formula is C14H15Cl2FN2O2. The van der Waals surface area contributed by atoms with E-state index in [-0.39, 0.29) is 24.1 Å². The maximum atomic E-state index is 12.8. The SMILES string of the molecule is O=C(Cc1ccc(F)cc1)N1CCN(C(=O)C(Cl)Cl)CC1. The predicted molar refractivity (Wildman–Crippen MR) is 78.8 cm³/mol. The minimum Gasteiger partial charge on any atom is -0.339 e. The third-order valence-electron chi connectivity index (χ3n) is 3.40. The minimum atomic E-state index is -1.06. The van der Waals surface area contributed by atoms with Gasteiger partial charge in [0.05, 0.1) is 6.42 Å². The van der Waals surface area contributed by atoms with Crippen molar-refractivity contribution in [2.75, 3.05) is 26.2 Å². The zero-order valence-corrected chi connectivity index (χ0v) is 12.8. The fourth-order valence-electron chi connectivity index (χ4n) is 2.20. The molecule has 7 heteroatoms. The Kier molecular flexibility index (Phi) is 5.42. The lowest BCUT2D eigenvalue weighted by atomic mass is 10.1. The molecule has 1 heterocycles. The smallest absolute Gasteiger partial charge is 0.255 e. The van der Waals surface area contributed by atoms with Crippen LogP contribution in [0.1, 0.15) is 5.56 Å². The van der Waals surface area contributed by atoms with Crippen LogP contribution in [0.15, 0.2) is 24.3 Å². The van der Waals surface area contributed by atoms with Crippen LogP contribution in [0.25, 0.3) is 0 Å². The molecule has 21 heavy (non-hydrogen) atoms. The summed E-state index contributed by atoms with van der Waals surface area (Å²) >= 11 is 11.1. The number of piperazine rings is 1. The molecule has 1 aliphatic rings. The molecule has 2 rings (SSSR count). The molecular weight excluding hydrogens is 318 g/mol. The highest BCUT2D eigenvalue weighted by Crippen LogP contribution is 2.12. The molecule has 0 aromatic heterocycles. The van der Waals surface area contributed by atoms with Gasteiger partial charge in [-0.15, -0.1) is 0 Å². The summed E-state index contributed by atoms with van der Waals surface area (Å²) in [5.41, 5.74) is 0.765. The van der Waals surface area contributed by atoms with Crippen molar-refractivity contribution < 1.29 is 14.0 Å². The van der Waals surface area contributed by atoms with E-state index in [4.69, 9.17) is 23.2 Å². The van der Waals surface area contributed by atoms with Gasteiger partial charge in [-0.2, -0.15) is 0 Å². The van der Waals surface area contributed by atoms with E-state index in [2.05, 4.69) is 0 Å². The van der Waals surface area contributed by atoms with E-state index in [1.807, 2.05) is 0 Å². The fourth-order valence-corrected chi connectivity index (χ4v) is 2.48. The van der Waals surface area contributed by atoms with E-state index in [0.717, 1.165) is 5.56 Å². The second-order valence-electron chi connectivity index (χ2n) is 4.81. The van der Waals surface area contributed by atoms with Gasteiger partial charge in [-0.25, -0.2) is 4.39 Å². The summed E-state index contributed by atoms with van der Waals surface area (Å²) in [6.07, 6.45) is 0.224. The largest absolute Gasteiger partial charge is 0.339 e. The minimum absolute atomic E-state index is 0.0398. The number of halogens is 3. The Hall–Kier alpha value is -1.33. The van der Waals surface area contributed by atoms with E-state index in [0.29, 0.717) is 26.2 Å². The molecule has 0 saturated carbocycles. The van der Waals surface area contributed by atoms with E-state index in [1.165, 1.54) is 12.1 Å². The number of rotatable bonds is 3. The summed E-state index contributed by atoms with van der Waals surface area (Å²) < 4.78 is 12.8. The highest BCUT2D eigenvalue weighted by molar-refractivity contribution is 6.53. The molecule has 2 amide bonds. The summed E-state index contributed by atoms with van der Waals surface area (Å²) in [6.45, 7) is 1.74. The van der Waals surface area contributed by atoms with Crippen molar-refractivity contribution in [2.24, 2.45) is 0 Å². The lowest BCUT2D eigenvalue weighted by molar-refractivity contribution is -0.138. The monoisotopic (exact) mass is 332 g/mol. The zero-order valence-electron chi connectivity index (χ0n) is 11.3. The van der Waals surface area contributed by atoms with Gasteiger partial charge in [0.25, 0.3) is 5.91 Å². The molecule has 0 aliphatic carbocycles. The first-order chi connectivity index (χ1) is 9.97. The first-order valence-corrected chi connectivity index (χ1v) is 7.44. The number of nitrogens with zero attached hydrogens (tertiary/aromatic N) is 2. The van der Waals surface area contributed by atoms with Crippen LogP contribution in [0.5, 0.6) is 0 Å². The standard InChI is InChI=1S/C14H15Cl2FN2O2/c15-13(16)14(21)19-7-5-18(6-8-19)12(20)9-10-1-3-11(17)4-2-10/h1-4,13H,5-9H2. The van der Waals surface area contributed by atoms with Crippen molar-refractivity contribution in [1.82, 2.24) is 9.80 Å². The molecule has 114 valence electrons. The first kappa shape index (κ1) is 16.0. The van der Waals surface area contributed by atoms with Crippen molar-refractivity contribution in [3.63, 3.8) is 0 Å². The molecule has 1 saturated heterocycles. The van der Waals surface area contributed by atoms with Gasteiger partial charge in [0.2, 0.25) is 5.91 Å². The van der Waals surface area contributed by atoms with Crippen LogP contribution in [0.4, 0.5) is 4.39 Å². The maximum absolute atomic E-state index is 12.8. The van der Waals surface area contributed by atoms with Crippen molar-refractivity contribution >= 4 is 35.0 Å². The summed E-state index contributed by atoms with van der Waals surface area (Å²) in [4.78, 5) is 25.9. The Morgan fingerprint density at radius 1 is 1.05 bits per heavy atom. The first-order valence-electron chi connectivity index (χ1n) is 6.56. The summed E-state index contributed by atoms with van der Waals surface area (Å²) in [7, 11) is 0. The Morgan fingerprint density at radius 2 is 1.57 bits per heavy atom. The van der Waals surface area contributed by atoms with E-state index in [1.54, 1.807) is 21.9 Å². The topological polar surface area (TPSA) is 40.6 Å². The number of hydrogen-bond acceptors (Lipinski definition) is 2. The quantitative estimate of drug-likeness (QED) is 0.792. The van der Waals surface area contributed by atoms with E-state index < -0.39 is 4.84 Å². The van der Waals surface area contributed by atoms with Gasteiger partial charge in [0.1, 0.15) is 5.82 Å².